The van der Waals surface area contributed by atoms with E-state index in [1.807, 2.05) is 30.3 Å². The monoisotopic (exact) mass is 264 g/mol. The highest BCUT2D eigenvalue weighted by Gasteiger charge is 2.20. The van der Waals surface area contributed by atoms with E-state index in [0.717, 1.165) is 38.3 Å². The molecular formula is C15H24N2O2. The fourth-order valence-electron chi connectivity index (χ4n) is 2.44. The maximum Gasteiger partial charge on any atom is 0.0826 e. The van der Waals surface area contributed by atoms with Crippen molar-refractivity contribution in [3.05, 3.63) is 35.9 Å². The van der Waals surface area contributed by atoms with Gasteiger partial charge >= 0.3 is 0 Å². The predicted octanol–water partition coefficient (Wildman–Crippen LogP) is 1.03. The number of hydrogen-bond acceptors (Lipinski definition) is 4. The number of aliphatic hydroxyl groups excluding tert-OH is 1. The summed E-state index contributed by atoms with van der Waals surface area (Å²) < 4.78 is 5.75. The van der Waals surface area contributed by atoms with Crippen LogP contribution < -0.4 is 5.32 Å². The fourth-order valence-corrected chi connectivity index (χ4v) is 2.44. The third kappa shape index (κ3) is 4.28. The van der Waals surface area contributed by atoms with Crippen molar-refractivity contribution < 1.29 is 9.84 Å². The van der Waals surface area contributed by atoms with E-state index < -0.39 is 0 Å². The molecular weight excluding hydrogens is 240 g/mol. The van der Waals surface area contributed by atoms with Gasteiger partial charge < -0.3 is 15.2 Å². The highest BCUT2D eigenvalue weighted by molar-refractivity contribution is 5.18. The first kappa shape index (κ1) is 14.5. The first-order valence-electron chi connectivity index (χ1n) is 7.06. The Morgan fingerprint density at radius 3 is 2.89 bits per heavy atom. The number of rotatable bonds is 6. The van der Waals surface area contributed by atoms with E-state index in [1.54, 1.807) is 0 Å². The van der Waals surface area contributed by atoms with Crippen LogP contribution in [-0.4, -0.2) is 55.5 Å². The number of morpholine rings is 1. The van der Waals surface area contributed by atoms with Gasteiger partial charge in [-0.1, -0.05) is 37.3 Å². The third-order valence-corrected chi connectivity index (χ3v) is 3.65. The van der Waals surface area contributed by atoms with Gasteiger partial charge in [0.25, 0.3) is 0 Å². The highest BCUT2D eigenvalue weighted by atomic mass is 16.5. The fraction of sp³-hybridized carbons (Fsp3) is 0.600. The second-order valence-electron chi connectivity index (χ2n) is 4.94. The summed E-state index contributed by atoms with van der Waals surface area (Å²) in [6.07, 6.45) is 0.214. The van der Waals surface area contributed by atoms with Crippen molar-refractivity contribution in [3.63, 3.8) is 0 Å². The van der Waals surface area contributed by atoms with Crippen molar-refractivity contribution in [2.75, 3.05) is 39.4 Å². The van der Waals surface area contributed by atoms with Gasteiger partial charge in [-0.3, -0.25) is 4.90 Å². The minimum absolute atomic E-state index is 0.0122. The Kier molecular flexibility index (Phi) is 5.79. The molecule has 4 nitrogen and oxygen atoms in total. The van der Waals surface area contributed by atoms with Crippen LogP contribution in [0.15, 0.2) is 30.3 Å². The molecule has 0 amide bonds. The molecule has 2 unspecified atom stereocenters. The smallest absolute Gasteiger partial charge is 0.0826 e. The lowest BCUT2D eigenvalue weighted by Crippen LogP contribution is -2.47. The van der Waals surface area contributed by atoms with Crippen molar-refractivity contribution in [1.29, 1.82) is 0 Å². The quantitative estimate of drug-likeness (QED) is 0.805. The number of nitrogens with one attached hydrogen (secondary N) is 1. The van der Waals surface area contributed by atoms with Gasteiger partial charge in [0, 0.05) is 19.6 Å². The van der Waals surface area contributed by atoms with Crippen LogP contribution in [0, 0.1) is 0 Å². The number of aliphatic hydroxyl groups is 1. The van der Waals surface area contributed by atoms with E-state index in [0.29, 0.717) is 0 Å². The van der Waals surface area contributed by atoms with E-state index in [1.165, 1.54) is 0 Å². The molecule has 2 N–H and O–H groups in total. The Morgan fingerprint density at radius 2 is 2.21 bits per heavy atom. The lowest BCUT2D eigenvalue weighted by molar-refractivity contribution is -0.0270. The first-order chi connectivity index (χ1) is 9.33. The first-order valence-corrected chi connectivity index (χ1v) is 7.06. The Balaban J connectivity index is 1.83. The van der Waals surface area contributed by atoms with E-state index in [-0.39, 0.29) is 18.8 Å². The topological polar surface area (TPSA) is 44.7 Å². The molecule has 0 spiro atoms. The highest BCUT2D eigenvalue weighted by Crippen LogP contribution is 2.12. The summed E-state index contributed by atoms with van der Waals surface area (Å²) in [5.74, 6) is 0. The molecule has 1 aliphatic heterocycles. The Labute approximate surface area is 115 Å². The lowest BCUT2D eigenvalue weighted by atomic mass is 10.1. The third-order valence-electron chi connectivity index (χ3n) is 3.65. The summed E-state index contributed by atoms with van der Waals surface area (Å²) in [7, 11) is 0. The van der Waals surface area contributed by atoms with Crippen LogP contribution in [0.2, 0.25) is 0 Å². The maximum atomic E-state index is 9.49. The SMILES string of the molecule is CCN1CCOC(CNC(CO)c2ccccc2)C1. The van der Waals surface area contributed by atoms with Crippen LogP contribution in [0.3, 0.4) is 0 Å². The summed E-state index contributed by atoms with van der Waals surface area (Å²) in [6, 6.07) is 10.0. The van der Waals surface area contributed by atoms with Crippen LogP contribution >= 0.6 is 0 Å². The standard InChI is InChI=1S/C15H24N2O2/c1-2-17-8-9-19-14(11-17)10-16-15(12-18)13-6-4-3-5-7-13/h3-7,14-16,18H,2,8-12H2,1H3. The molecule has 2 atom stereocenters. The molecule has 0 aromatic heterocycles. The van der Waals surface area contributed by atoms with Gasteiger partial charge in [-0.25, -0.2) is 0 Å². The number of hydrogen-bond donors (Lipinski definition) is 2. The van der Waals surface area contributed by atoms with Crippen molar-refractivity contribution in [3.8, 4) is 0 Å². The molecule has 1 aliphatic rings. The second-order valence-corrected chi connectivity index (χ2v) is 4.94. The minimum Gasteiger partial charge on any atom is -0.394 e. The van der Waals surface area contributed by atoms with Crippen LogP contribution in [0.4, 0.5) is 0 Å². The zero-order valence-corrected chi connectivity index (χ0v) is 11.6. The molecule has 1 aromatic carbocycles. The molecule has 1 saturated heterocycles. The summed E-state index contributed by atoms with van der Waals surface area (Å²) in [4.78, 5) is 2.40. The van der Waals surface area contributed by atoms with E-state index in [2.05, 4.69) is 17.1 Å². The summed E-state index contributed by atoms with van der Waals surface area (Å²) in [5.41, 5.74) is 1.12. The van der Waals surface area contributed by atoms with Crippen LogP contribution in [0.25, 0.3) is 0 Å². The molecule has 19 heavy (non-hydrogen) atoms. The van der Waals surface area contributed by atoms with Crippen molar-refractivity contribution in [2.24, 2.45) is 0 Å². The zero-order chi connectivity index (χ0) is 13.5. The van der Waals surface area contributed by atoms with Gasteiger partial charge in [0.1, 0.15) is 0 Å². The molecule has 1 fully saturated rings. The summed E-state index contributed by atoms with van der Waals surface area (Å²) in [5, 5.41) is 12.9. The Morgan fingerprint density at radius 1 is 1.42 bits per heavy atom. The van der Waals surface area contributed by atoms with E-state index in [4.69, 9.17) is 4.74 Å². The molecule has 0 aliphatic carbocycles. The van der Waals surface area contributed by atoms with Gasteiger partial charge in [-0.15, -0.1) is 0 Å². The molecule has 4 heteroatoms. The largest absolute Gasteiger partial charge is 0.394 e. The average molecular weight is 264 g/mol. The molecule has 0 bridgehead atoms. The summed E-state index contributed by atoms with van der Waals surface area (Å²) >= 11 is 0. The van der Waals surface area contributed by atoms with Gasteiger partial charge in [-0.2, -0.15) is 0 Å². The van der Waals surface area contributed by atoms with Crippen LogP contribution in [0.1, 0.15) is 18.5 Å². The molecule has 106 valence electrons. The van der Waals surface area contributed by atoms with Gasteiger partial charge in [-0.05, 0) is 12.1 Å². The van der Waals surface area contributed by atoms with Gasteiger partial charge in [0.15, 0.2) is 0 Å². The number of likely N-dealkylation sites (N-methyl/N-ethyl adjacent to an activating group) is 1. The van der Waals surface area contributed by atoms with Crippen molar-refractivity contribution in [2.45, 2.75) is 19.1 Å². The maximum absolute atomic E-state index is 9.49. The molecule has 1 heterocycles. The average Bonchev–Trinajstić information content (AvgIpc) is 2.49. The van der Waals surface area contributed by atoms with Gasteiger partial charge in [0.05, 0.1) is 25.4 Å². The Bertz CT molecular complexity index is 358. The van der Waals surface area contributed by atoms with E-state index >= 15 is 0 Å². The predicted molar refractivity (Wildman–Crippen MR) is 76.1 cm³/mol. The Hall–Kier alpha value is -0.940. The number of benzene rings is 1. The van der Waals surface area contributed by atoms with Crippen LogP contribution in [-0.2, 0) is 4.74 Å². The van der Waals surface area contributed by atoms with E-state index in [9.17, 15) is 5.11 Å². The van der Waals surface area contributed by atoms with Crippen LogP contribution in [0.5, 0.6) is 0 Å². The van der Waals surface area contributed by atoms with Crippen molar-refractivity contribution >= 4 is 0 Å². The summed E-state index contributed by atoms with van der Waals surface area (Å²) in [6.45, 7) is 6.92. The van der Waals surface area contributed by atoms with Gasteiger partial charge in [0.2, 0.25) is 0 Å². The molecule has 1 aromatic rings. The number of nitrogens with zero attached hydrogens (tertiary/aromatic N) is 1. The van der Waals surface area contributed by atoms with Crippen molar-refractivity contribution in [1.82, 2.24) is 10.2 Å². The minimum atomic E-state index is -0.0122. The lowest BCUT2D eigenvalue weighted by Gasteiger charge is -2.33. The second kappa shape index (κ2) is 7.60. The normalized spacial score (nSPS) is 22.3. The zero-order valence-electron chi connectivity index (χ0n) is 11.6. The molecule has 2 rings (SSSR count). The number of ether oxygens (including phenoxy) is 1. The molecule has 0 saturated carbocycles. The molecule has 0 radical (unpaired) electrons.